The summed E-state index contributed by atoms with van der Waals surface area (Å²) in [7, 11) is 1.32. The van der Waals surface area contributed by atoms with Gasteiger partial charge in [-0.25, -0.2) is 43.7 Å². The molecule has 0 N–H and O–H groups in total. The molecule has 6 radical (unpaired) electrons. The van der Waals surface area contributed by atoms with E-state index in [4.69, 9.17) is 28.9 Å². The molecule has 0 aliphatic carbocycles. The van der Waals surface area contributed by atoms with Crippen LogP contribution in [0.5, 0.6) is 0 Å². The topological polar surface area (TPSA) is 185 Å². The second kappa shape index (κ2) is 30.1. The molecule has 0 bridgehead atoms. The van der Waals surface area contributed by atoms with E-state index in [1.54, 1.807) is 79.7 Å². The first-order valence-corrected chi connectivity index (χ1v) is 25.2. The van der Waals surface area contributed by atoms with Gasteiger partial charge >= 0.3 is 36.4 Å². The molecule has 0 amide bonds. The first-order valence-electron chi connectivity index (χ1n) is 22.2. The number of benzene rings is 3. The van der Waals surface area contributed by atoms with E-state index in [0.29, 0.717) is 35.0 Å². The highest BCUT2D eigenvalue weighted by Gasteiger charge is 2.37. The van der Waals surface area contributed by atoms with Crippen LogP contribution in [-0.2, 0) is 43.5 Å². The summed E-state index contributed by atoms with van der Waals surface area (Å²) in [4.78, 5) is 104. The lowest BCUT2D eigenvalue weighted by atomic mass is 9.86. The molecular formula is C49H58O15Si3. The summed E-state index contributed by atoms with van der Waals surface area (Å²) in [6.45, 7) is 12.3. The summed E-state index contributed by atoms with van der Waals surface area (Å²) >= 11 is 0. The van der Waals surface area contributed by atoms with Crippen molar-refractivity contribution in [2.24, 2.45) is 5.41 Å². The maximum Gasteiger partial charge on any atom is 0.549 e. The van der Waals surface area contributed by atoms with Gasteiger partial charge in [-0.05, 0) is 81.3 Å². The van der Waals surface area contributed by atoms with Crippen molar-refractivity contribution < 1.29 is 72.3 Å². The van der Waals surface area contributed by atoms with Crippen LogP contribution in [0.25, 0.3) is 0 Å². The average Bonchev–Trinajstić information content (AvgIpc) is 3.34. The molecule has 67 heavy (non-hydrogen) atoms. The van der Waals surface area contributed by atoms with Gasteiger partial charge in [0.1, 0.15) is 48.4 Å². The Balaban J connectivity index is 1.65. The van der Waals surface area contributed by atoms with Crippen molar-refractivity contribution in [1.82, 2.24) is 0 Å². The van der Waals surface area contributed by atoms with Gasteiger partial charge in [0.15, 0.2) is 0 Å². The van der Waals surface area contributed by atoms with Gasteiger partial charge in [0.25, 0.3) is 0 Å². The minimum absolute atomic E-state index is 0.0702. The average molecular weight is 971 g/mol. The molecule has 0 spiro atoms. The van der Waals surface area contributed by atoms with Crippen molar-refractivity contribution in [1.29, 1.82) is 0 Å². The van der Waals surface area contributed by atoms with Crippen molar-refractivity contribution in [2.75, 3.05) is 19.8 Å². The molecule has 0 aliphatic heterocycles. The molecule has 0 saturated carbocycles. The van der Waals surface area contributed by atoms with Crippen LogP contribution in [0.2, 0.25) is 0 Å². The lowest BCUT2D eigenvalue weighted by Gasteiger charge is -2.30. The first kappa shape index (κ1) is 55.1. The molecule has 0 fully saturated rings. The first-order chi connectivity index (χ1) is 32.3. The molecule has 0 saturated heterocycles. The number of carbonyl (C=O) groups excluding carboxylic acids is 6. The minimum atomic E-state index is -1.52. The lowest BCUT2D eigenvalue weighted by Crippen LogP contribution is -2.40. The van der Waals surface area contributed by atoms with E-state index in [0.717, 1.165) is 54.1 Å². The van der Waals surface area contributed by atoms with Crippen LogP contribution in [0.15, 0.2) is 107 Å². The number of carbonyl (C=O) groups is 6. The number of hydrogen-bond donors (Lipinski definition) is 0. The molecule has 0 aromatic heterocycles. The minimum Gasteiger partial charge on any atom is -0.431 e. The molecule has 0 atom stereocenters. The molecule has 15 nitrogen and oxygen atoms in total. The lowest BCUT2D eigenvalue weighted by molar-refractivity contribution is -0.217. The molecule has 0 aliphatic rings. The Morgan fingerprint density at radius 3 is 0.910 bits per heavy atom. The van der Waals surface area contributed by atoms with Gasteiger partial charge in [-0.3, -0.25) is 0 Å². The molecular weight excluding hydrogens is 913 g/mol. The van der Waals surface area contributed by atoms with Crippen molar-refractivity contribution >= 4 is 80.5 Å². The van der Waals surface area contributed by atoms with Gasteiger partial charge in [-0.2, -0.15) is 14.4 Å². The molecule has 3 aromatic rings. The standard InChI is InChI=1S/C49H58O15Si3/c1-8-15-37(12-5)65-40-24-18-34(19-25-40)43(50)59-62-46(53)56-31-49(30-11-4,32-57-47(54)63-60-44(51)35-20-26-41(27-21-35)66-38(13-6)16-9-2)33-58-48(55)64-61-45(52)36-22-28-42(29-23-36)67-39(14-7)17-10-3/h15-29H,8-14,30-33H2,1-7H3/b37-15+,38-16+,39-17+. The van der Waals surface area contributed by atoms with Gasteiger partial charge in [0, 0.05) is 0 Å². The van der Waals surface area contributed by atoms with Crippen LogP contribution >= 0.6 is 0 Å². The van der Waals surface area contributed by atoms with E-state index >= 15 is 0 Å². The zero-order chi connectivity index (χ0) is 49.0. The van der Waals surface area contributed by atoms with E-state index in [9.17, 15) is 28.8 Å². The van der Waals surface area contributed by atoms with E-state index < -0.39 is 61.6 Å². The van der Waals surface area contributed by atoms with Crippen LogP contribution in [-0.4, -0.2) is 84.8 Å². The van der Waals surface area contributed by atoms with E-state index in [1.165, 1.54) is 15.6 Å². The fourth-order valence-electron chi connectivity index (χ4n) is 6.16. The third-order valence-electron chi connectivity index (χ3n) is 9.60. The van der Waals surface area contributed by atoms with Crippen molar-refractivity contribution in [3.8, 4) is 0 Å². The van der Waals surface area contributed by atoms with Gasteiger partial charge in [0.05, 0.1) is 22.1 Å². The smallest absolute Gasteiger partial charge is 0.431 e. The largest absolute Gasteiger partial charge is 0.549 e. The van der Waals surface area contributed by atoms with Crippen molar-refractivity contribution in [3.05, 3.63) is 123 Å². The number of rotatable bonds is 23. The second-order valence-electron chi connectivity index (χ2n) is 14.8. The molecule has 3 aromatic carbocycles. The molecule has 356 valence electrons. The fraction of sp³-hybridized carbons (Fsp3) is 0.388. The SMILES string of the molecule is CC/C=C(\CC)[Si]c1ccc(C(=O)OOC(=O)OCC(CCC)(COC(=O)OOC(=O)c2ccc([Si]/C(=C/CC)CC)cc2)COC(=O)OOC(=O)c2ccc([Si]/C(=C/CC)CC)cc2)cc1. The third kappa shape index (κ3) is 20.0. The summed E-state index contributed by atoms with van der Waals surface area (Å²) < 4.78 is 15.7. The van der Waals surface area contributed by atoms with Crippen LogP contribution in [0.1, 0.15) is 131 Å². The van der Waals surface area contributed by atoms with Gasteiger partial charge in [-0.1, -0.05) is 141 Å². The van der Waals surface area contributed by atoms with Crippen LogP contribution in [0.3, 0.4) is 0 Å². The van der Waals surface area contributed by atoms with Gasteiger partial charge in [-0.15, -0.1) is 0 Å². The van der Waals surface area contributed by atoms with E-state index in [1.807, 2.05) is 0 Å². The Morgan fingerprint density at radius 1 is 0.418 bits per heavy atom. The normalized spacial score (nSPS) is 11.8. The quantitative estimate of drug-likeness (QED) is 0.0289. The zero-order valence-electron chi connectivity index (χ0n) is 39.1. The molecule has 0 heterocycles. The Kier molecular flexibility index (Phi) is 24.8. The monoisotopic (exact) mass is 970 g/mol. The Bertz CT molecular complexity index is 1930. The fourth-order valence-corrected chi connectivity index (χ4v) is 9.72. The predicted molar refractivity (Wildman–Crippen MR) is 252 cm³/mol. The zero-order valence-corrected chi connectivity index (χ0v) is 42.1. The van der Waals surface area contributed by atoms with Crippen LogP contribution in [0.4, 0.5) is 14.4 Å². The summed E-state index contributed by atoms with van der Waals surface area (Å²) in [5, 5.41) is 6.90. The third-order valence-corrected chi connectivity index (χ3v) is 14.1. The highest BCUT2D eigenvalue weighted by Crippen LogP contribution is 2.27. The van der Waals surface area contributed by atoms with Crippen LogP contribution < -0.4 is 15.6 Å². The highest BCUT2D eigenvalue weighted by molar-refractivity contribution is 6.61. The van der Waals surface area contributed by atoms with Gasteiger partial charge in [0.2, 0.25) is 0 Å². The Labute approximate surface area is 399 Å². The predicted octanol–water partition coefficient (Wildman–Crippen LogP) is 8.65. The summed E-state index contributed by atoms with van der Waals surface area (Å²) in [6, 6.07) is 19.9. The molecule has 3 rings (SSSR count). The second-order valence-corrected chi connectivity index (χ2v) is 19.2. The highest BCUT2D eigenvalue weighted by atomic mass is 28.2. The summed E-state index contributed by atoms with van der Waals surface area (Å²) in [6.07, 6.45) is 8.07. The molecule has 0 unspecified atom stereocenters. The summed E-state index contributed by atoms with van der Waals surface area (Å²) in [5.41, 5.74) is -1.18. The maximum atomic E-state index is 12.7. The number of ether oxygens (including phenoxy) is 3. The van der Waals surface area contributed by atoms with Gasteiger partial charge < -0.3 is 14.2 Å². The van der Waals surface area contributed by atoms with Crippen LogP contribution in [0, 0.1) is 5.41 Å². The maximum absolute atomic E-state index is 12.7. The number of hydrogen-bond acceptors (Lipinski definition) is 15. The summed E-state index contributed by atoms with van der Waals surface area (Å²) in [5.74, 6) is -2.90. The number of allylic oxidation sites excluding steroid dienone is 6. The molecule has 18 heteroatoms. The Morgan fingerprint density at radius 2 is 0.687 bits per heavy atom. The Hall–Kier alpha value is -6.25. The van der Waals surface area contributed by atoms with E-state index in [2.05, 4.69) is 74.4 Å². The van der Waals surface area contributed by atoms with Crippen molar-refractivity contribution in [3.63, 3.8) is 0 Å². The van der Waals surface area contributed by atoms with E-state index in [-0.39, 0.29) is 23.1 Å². The van der Waals surface area contributed by atoms with Crippen molar-refractivity contribution in [2.45, 2.75) is 99.8 Å².